The molecule has 0 aliphatic carbocycles. The SMILES string of the molecule is FC(I)CC(F)CC(F)(F)F. The van der Waals surface area contributed by atoms with E-state index >= 15 is 0 Å². The molecule has 0 aromatic carbocycles. The van der Waals surface area contributed by atoms with Gasteiger partial charge in [-0.15, -0.1) is 0 Å². The number of alkyl halides is 6. The molecule has 0 heterocycles. The quantitative estimate of drug-likeness (QED) is 0.424. The summed E-state index contributed by atoms with van der Waals surface area (Å²) in [5.74, 6) is 0. The summed E-state index contributed by atoms with van der Waals surface area (Å²) in [4.78, 5) is 0. The maximum absolute atomic E-state index is 12.2. The molecule has 0 amide bonds. The summed E-state index contributed by atoms with van der Waals surface area (Å²) < 4.78 is 56.7. The topological polar surface area (TPSA) is 0 Å². The molecular formula is C5H6F5I. The molecule has 0 aromatic rings. The molecule has 2 atom stereocenters. The van der Waals surface area contributed by atoms with Gasteiger partial charge >= 0.3 is 6.18 Å². The van der Waals surface area contributed by atoms with Crippen LogP contribution in [0.4, 0.5) is 22.0 Å². The van der Waals surface area contributed by atoms with Crippen molar-refractivity contribution in [2.24, 2.45) is 0 Å². The summed E-state index contributed by atoms with van der Waals surface area (Å²) in [6.07, 6.45) is -8.91. The van der Waals surface area contributed by atoms with E-state index in [-0.39, 0.29) is 0 Å². The molecule has 0 nitrogen and oxygen atoms in total. The van der Waals surface area contributed by atoms with E-state index in [1.54, 1.807) is 0 Å². The van der Waals surface area contributed by atoms with Crippen LogP contribution in [0.1, 0.15) is 12.8 Å². The molecule has 0 bridgehead atoms. The lowest BCUT2D eigenvalue weighted by atomic mass is 10.2. The number of hydrogen-bond donors (Lipinski definition) is 0. The van der Waals surface area contributed by atoms with E-state index in [2.05, 4.69) is 0 Å². The third-order valence-electron chi connectivity index (χ3n) is 0.887. The zero-order chi connectivity index (χ0) is 9.07. The molecule has 0 radical (unpaired) electrons. The van der Waals surface area contributed by atoms with Crippen molar-refractivity contribution < 1.29 is 22.0 Å². The van der Waals surface area contributed by atoms with Crippen LogP contribution in [0.15, 0.2) is 0 Å². The van der Waals surface area contributed by atoms with Gasteiger partial charge < -0.3 is 0 Å². The lowest BCUT2D eigenvalue weighted by Gasteiger charge is -2.10. The van der Waals surface area contributed by atoms with E-state index in [4.69, 9.17) is 0 Å². The van der Waals surface area contributed by atoms with Gasteiger partial charge in [-0.1, -0.05) is 0 Å². The Morgan fingerprint density at radius 2 is 1.64 bits per heavy atom. The minimum Gasteiger partial charge on any atom is -0.247 e. The second-order valence-corrected chi connectivity index (χ2v) is 3.39. The minimum absolute atomic E-state index is 0.694. The maximum atomic E-state index is 12.2. The molecule has 6 heteroatoms. The molecule has 0 fully saturated rings. The first-order valence-corrected chi connectivity index (χ1v) is 4.05. The smallest absolute Gasteiger partial charge is 0.247 e. The Hall–Kier alpha value is 0.380. The molecule has 0 saturated heterocycles. The minimum atomic E-state index is -4.54. The average Bonchev–Trinajstić information content (AvgIpc) is 1.53. The van der Waals surface area contributed by atoms with Crippen LogP contribution in [0, 0.1) is 0 Å². The van der Waals surface area contributed by atoms with Crippen LogP contribution in [0.5, 0.6) is 0 Å². The fraction of sp³-hybridized carbons (Fsp3) is 1.00. The zero-order valence-corrected chi connectivity index (χ0v) is 7.49. The highest BCUT2D eigenvalue weighted by Gasteiger charge is 2.32. The zero-order valence-electron chi connectivity index (χ0n) is 5.34. The molecule has 0 rings (SSSR count). The van der Waals surface area contributed by atoms with Crippen LogP contribution in [-0.2, 0) is 0 Å². The van der Waals surface area contributed by atoms with Gasteiger partial charge in [-0.25, -0.2) is 8.78 Å². The number of halogens is 6. The van der Waals surface area contributed by atoms with Crippen LogP contribution in [-0.4, -0.2) is 16.5 Å². The predicted octanol–water partition coefficient (Wildman–Crippen LogP) is 3.40. The Morgan fingerprint density at radius 3 is 1.91 bits per heavy atom. The number of hydrogen-bond acceptors (Lipinski definition) is 0. The summed E-state index contributed by atoms with van der Waals surface area (Å²) in [6.45, 7) is 0. The van der Waals surface area contributed by atoms with Gasteiger partial charge in [-0.3, -0.25) is 0 Å². The Labute approximate surface area is 74.3 Å². The predicted molar refractivity (Wildman–Crippen MR) is 39.1 cm³/mol. The van der Waals surface area contributed by atoms with Crippen molar-refractivity contribution in [3.8, 4) is 0 Å². The van der Waals surface area contributed by atoms with Crippen molar-refractivity contribution in [2.45, 2.75) is 29.4 Å². The second kappa shape index (κ2) is 4.42. The van der Waals surface area contributed by atoms with Gasteiger partial charge in [0.1, 0.15) is 6.17 Å². The van der Waals surface area contributed by atoms with Crippen LogP contribution >= 0.6 is 22.6 Å². The standard InChI is InChI=1S/C5H6F5I/c6-3(1-4(7)11)2-5(8,9)10/h3-4H,1-2H2. The molecule has 0 N–H and O–H groups in total. The Kier molecular flexibility index (Phi) is 4.57. The molecule has 0 spiro atoms. The van der Waals surface area contributed by atoms with Crippen molar-refractivity contribution in [2.75, 3.05) is 0 Å². The van der Waals surface area contributed by atoms with Crippen molar-refractivity contribution in [3.05, 3.63) is 0 Å². The van der Waals surface area contributed by atoms with Crippen molar-refractivity contribution in [3.63, 3.8) is 0 Å². The molecule has 0 aliphatic heterocycles. The van der Waals surface area contributed by atoms with Crippen molar-refractivity contribution >= 4 is 22.6 Å². The van der Waals surface area contributed by atoms with Gasteiger partial charge in [-0.2, -0.15) is 13.2 Å². The van der Waals surface area contributed by atoms with E-state index in [9.17, 15) is 22.0 Å². The Morgan fingerprint density at radius 1 is 1.18 bits per heavy atom. The van der Waals surface area contributed by atoms with Gasteiger partial charge in [0.2, 0.25) is 0 Å². The lowest BCUT2D eigenvalue weighted by molar-refractivity contribution is -0.146. The van der Waals surface area contributed by atoms with Gasteiger partial charge in [0.25, 0.3) is 0 Å². The lowest BCUT2D eigenvalue weighted by Crippen LogP contribution is -2.17. The van der Waals surface area contributed by atoms with Crippen LogP contribution in [0.2, 0.25) is 0 Å². The maximum Gasteiger partial charge on any atom is 0.391 e. The van der Waals surface area contributed by atoms with Crippen LogP contribution in [0.3, 0.4) is 0 Å². The fourth-order valence-electron chi connectivity index (χ4n) is 0.528. The molecule has 68 valence electrons. The first kappa shape index (κ1) is 11.4. The van der Waals surface area contributed by atoms with Gasteiger partial charge in [-0.05, 0) is 22.6 Å². The highest BCUT2D eigenvalue weighted by molar-refractivity contribution is 14.1. The summed E-state index contributed by atoms with van der Waals surface area (Å²) in [5, 5.41) is 0. The van der Waals surface area contributed by atoms with E-state index in [1.807, 2.05) is 0 Å². The normalized spacial score (nSPS) is 18.0. The Bertz CT molecular complexity index is 110. The summed E-state index contributed by atoms with van der Waals surface area (Å²) in [6, 6.07) is 0. The fourth-order valence-corrected chi connectivity index (χ4v) is 1.08. The number of rotatable bonds is 3. The van der Waals surface area contributed by atoms with E-state index in [1.165, 1.54) is 22.6 Å². The Balaban J connectivity index is 3.61. The van der Waals surface area contributed by atoms with Crippen LogP contribution in [0.25, 0.3) is 0 Å². The van der Waals surface area contributed by atoms with Crippen LogP contribution < -0.4 is 0 Å². The highest BCUT2D eigenvalue weighted by Crippen LogP contribution is 2.26. The summed E-state index contributed by atoms with van der Waals surface area (Å²) in [7, 11) is 0. The first-order chi connectivity index (χ1) is 4.81. The van der Waals surface area contributed by atoms with Gasteiger partial charge in [0.15, 0.2) is 4.18 Å². The van der Waals surface area contributed by atoms with E-state index < -0.39 is 29.4 Å². The molecule has 0 saturated carbocycles. The molecule has 0 aliphatic rings. The molecule has 0 aromatic heterocycles. The molecule has 2 unspecified atom stereocenters. The monoisotopic (exact) mass is 288 g/mol. The third kappa shape index (κ3) is 8.28. The first-order valence-electron chi connectivity index (χ1n) is 2.80. The highest BCUT2D eigenvalue weighted by atomic mass is 127. The molecule has 11 heavy (non-hydrogen) atoms. The summed E-state index contributed by atoms with van der Waals surface area (Å²) in [5.41, 5.74) is 0. The molecular weight excluding hydrogens is 282 g/mol. The van der Waals surface area contributed by atoms with E-state index in [0.29, 0.717) is 0 Å². The van der Waals surface area contributed by atoms with Crippen molar-refractivity contribution in [1.29, 1.82) is 0 Å². The summed E-state index contributed by atoms with van der Waals surface area (Å²) >= 11 is 1.24. The second-order valence-electron chi connectivity index (χ2n) is 2.04. The average molecular weight is 288 g/mol. The van der Waals surface area contributed by atoms with Crippen molar-refractivity contribution in [1.82, 2.24) is 0 Å². The largest absolute Gasteiger partial charge is 0.391 e. The van der Waals surface area contributed by atoms with E-state index in [0.717, 1.165) is 0 Å². The van der Waals surface area contributed by atoms with Gasteiger partial charge in [0.05, 0.1) is 6.42 Å². The third-order valence-corrected chi connectivity index (χ3v) is 1.40. The van der Waals surface area contributed by atoms with Gasteiger partial charge in [0, 0.05) is 6.42 Å².